The quantitative estimate of drug-likeness (QED) is 0.694. The number of rotatable bonds is 2. The summed E-state index contributed by atoms with van der Waals surface area (Å²) >= 11 is 0. The molecule has 0 aliphatic rings. The number of carbonyl (C=O) groups excluding carboxylic acids is 1. The number of ketones is 1. The van der Waals surface area contributed by atoms with E-state index in [0.717, 1.165) is 5.56 Å². The standard InChI is InChI=1S/C12H12N2O/c1-9-3-5-10(6-4-9)12(15)11-7-8-13-14(11)2/h3-8H,1-2H3. The van der Waals surface area contributed by atoms with Crippen molar-refractivity contribution in [3.8, 4) is 0 Å². The minimum absolute atomic E-state index is 0.00926. The van der Waals surface area contributed by atoms with E-state index in [2.05, 4.69) is 5.10 Å². The fourth-order valence-corrected chi connectivity index (χ4v) is 1.45. The molecule has 0 fully saturated rings. The predicted molar refractivity (Wildman–Crippen MR) is 57.8 cm³/mol. The minimum atomic E-state index is 0.00926. The Bertz CT molecular complexity index is 483. The van der Waals surface area contributed by atoms with E-state index in [1.54, 1.807) is 24.0 Å². The van der Waals surface area contributed by atoms with Gasteiger partial charge in [0.1, 0.15) is 5.69 Å². The van der Waals surface area contributed by atoms with Crippen LogP contribution in [0.3, 0.4) is 0 Å². The van der Waals surface area contributed by atoms with E-state index >= 15 is 0 Å². The molecule has 0 saturated carbocycles. The number of hydrogen-bond donors (Lipinski definition) is 0. The van der Waals surface area contributed by atoms with Crippen molar-refractivity contribution in [3.05, 3.63) is 53.3 Å². The monoisotopic (exact) mass is 200 g/mol. The third kappa shape index (κ3) is 1.81. The number of aryl methyl sites for hydroxylation is 2. The first-order valence-corrected chi connectivity index (χ1v) is 4.78. The van der Waals surface area contributed by atoms with Gasteiger partial charge in [-0.3, -0.25) is 9.48 Å². The van der Waals surface area contributed by atoms with Crippen molar-refractivity contribution in [2.24, 2.45) is 7.05 Å². The lowest BCUT2D eigenvalue weighted by atomic mass is 10.1. The molecular formula is C12H12N2O. The average molecular weight is 200 g/mol. The number of aromatic nitrogens is 2. The van der Waals surface area contributed by atoms with Crippen LogP contribution in [0, 0.1) is 6.92 Å². The number of hydrogen-bond acceptors (Lipinski definition) is 2. The van der Waals surface area contributed by atoms with Gasteiger partial charge in [-0.1, -0.05) is 29.8 Å². The lowest BCUT2D eigenvalue weighted by Gasteiger charge is -2.01. The Hall–Kier alpha value is -1.90. The molecule has 0 N–H and O–H groups in total. The van der Waals surface area contributed by atoms with E-state index in [1.165, 1.54) is 0 Å². The maximum atomic E-state index is 12.0. The van der Waals surface area contributed by atoms with Gasteiger partial charge >= 0.3 is 0 Å². The molecule has 2 rings (SSSR count). The predicted octanol–water partition coefficient (Wildman–Crippen LogP) is 1.96. The zero-order valence-electron chi connectivity index (χ0n) is 8.77. The summed E-state index contributed by atoms with van der Waals surface area (Å²) in [6, 6.07) is 9.27. The fourth-order valence-electron chi connectivity index (χ4n) is 1.45. The van der Waals surface area contributed by atoms with Crippen LogP contribution in [0.15, 0.2) is 36.5 Å². The summed E-state index contributed by atoms with van der Waals surface area (Å²) < 4.78 is 1.59. The third-order valence-electron chi connectivity index (χ3n) is 2.37. The lowest BCUT2D eigenvalue weighted by molar-refractivity contribution is 0.103. The Kier molecular flexibility index (Phi) is 2.37. The smallest absolute Gasteiger partial charge is 0.211 e. The van der Waals surface area contributed by atoms with E-state index in [9.17, 15) is 4.79 Å². The van der Waals surface area contributed by atoms with Crippen molar-refractivity contribution in [2.75, 3.05) is 0 Å². The Morgan fingerprint density at radius 1 is 1.20 bits per heavy atom. The molecular weight excluding hydrogens is 188 g/mol. The third-order valence-corrected chi connectivity index (χ3v) is 2.37. The van der Waals surface area contributed by atoms with Crippen LogP contribution >= 0.6 is 0 Å². The highest BCUT2D eigenvalue weighted by molar-refractivity contribution is 6.07. The normalized spacial score (nSPS) is 10.3. The van der Waals surface area contributed by atoms with Crippen molar-refractivity contribution < 1.29 is 4.79 Å². The van der Waals surface area contributed by atoms with Gasteiger partial charge in [0, 0.05) is 18.8 Å². The van der Waals surface area contributed by atoms with Gasteiger partial charge in [-0.2, -0.15) is 5.10 Å². The molecule has 1 heterocycles. The molecule has 0 atom stereocenters. The van der Waals surface area contributed by atoms with Crippen molar-refractivity contribution in [3.63, 3.8) is 0 Å². The lowest BCUT2D eigenvalue weighted by Crippen LogP contribution is -2.07. The van der Waals surface area contributed by atoms with Crippen LogP contribution in [-0.2, 0) is 7.05 Å². The van der Waals surface area contributed by atoms with Gasteiger partial charge in [-0.05, 0) is 13.0 Å². The van der Waals surface area contributed by atoms with Gasteiger partial charge < -0.3 is 0 Å². The van der Waals surface area contributed by atoms with Crippen LogP contribution in [0.25, 0.3) is 0 Å². The number of benzene rings is 1. The summed E-state index contributed by atoms with van der Waals surface area (Å²) in [6.45, 7) is 2.00. The first-order chi connectivity index (χ1) is 7.18. The molecule has 0 aliphatic carbocycles. The highest BCUT2D eigenvalue weighted by Crippen LogP contribution is 2.09. The Labute approximate surface area is 88.4 Å². The molecule has 3 heteroatoms. The molecule has 0 bridgehead atoms. The zero-order chi connectivity index (χ0) is 10.8. The van der Waals surface area contributed by atoms with E-state index < -0.39 is 0 Å². The molecule has 1 aromatic carbocycles. The van der Waals surface area contributed by atoms with E-state index in [-0.39, 0.29) is 5.78 Å². The summed E-state index contributed by atoms with van der Waals surface area (Å²) in [6.07, 6.45) is 1.63. The van der Waals surface area contributed by atoms with Crippen LogP contribution in [0.2, 0.25) is 0 Å². The largest absolute Gasteiger partial charge is 0.287 e. The van der Waals surface area contributed by atoms with Crippen molar-refractivity contribution in [1.29, 1.82) is 0 Å². The van der Waals surface area contributed by atoms with Crippen molar-refractivity contribution in [1.82, 2.24) is 9.78 Å². The average Bonchev–Trinajstić information content (AvgIpc) is 2.65. The summed E-state index contributed by atoms with van der Waals surface area (Å²) in [5.41, 5.74) is 2.46. The van der Waals surface area contributed by atoms with Gasteiger partial charge in [-0.25, -0.2) is 0 Å². The van der Waals surface area contributed by atoms with Crippen LogP contribution in [-0.4, -0.2) is 15.6 Å². The number of carbonyl (C=O) groups is 1. The molecule has 0 amide bonds. The molecule has 15 heavy (non-hydrogen) atoms. The van der Waals surface area contributed by atoms with Crippen LogP contribution in [0.4, 0.5) is 0 Å². The van der Waals surface area contributed by atoms with Gasteiger partial charge in [0.05, 0.1) is 0 Å². The Balaban J connectivity index is 2.37. The molecule has 3 nitrogen and oxygen atoms in total. The second kappa shape index (κ2) is 3.69. The summed E-state index contributed by atoms with van der Waals surface area (Å²) in [5, 5.41) is 3.98. The molecule has 0 spiro atoms. The van der Waals surface area contributed by atoms with Gasteiger partial charge in [0.15, 0.2) is 0 Å². The fraction of sp³-hybridized carbons (Fsp3) is 0.167. The van der Waals surface area contributed by atoms with Gasteiger partial charge in [0.25, 0.3) is 0 Å². The zero-order valence-corrected chi connectivity index (χ0v) is 8.77. The molecule has 2 aromatic rings. The molecule has 0 aliphatic heterocycles. The Morgan fingerprint density at radius 3 is 2.40 bits per heavy atom. The van der Waals surface area contributed by atoms with E-state index in [0.29, 0.717) is 11.3 Å². The van der Waals surface area contributed by atoms with Gasteiger partial charge in [-0.15, -0.1) is 0 Å². The molecule has 0 saturated heterocycles. The SMILES string of the molecule is Cc1ccc(C(=O)c2ccnn2C)cc1. The molecule has 0 unspecified atom stereocenters. The summed E-state index contributed by atoms with van der Waals surface area (Å²) in [7, 11) is 1.77. The minimum Gasteiger partial charge on any atom is -0.287 e. The second-order valence-electron chi connectivity index (χ2n) is 3.54. The van der Waals surface area contributed by atoms with Crippen LogP contribution < -0.4 is 0 Å². The molecule has 76 valence electrons. The van der Waals surface area contributed by atoms with Crippen molar-refractivity contribution in [2.45, 2.75) is 6.92 Å². The first-order valence-electron chi connectivity index (χ1n) is 4.78. The summed E-state index contributed by atoms with van der Waals surface area (Å²) in [5.74, 6) is 0.00926. The molecule has 0 radical (unpaired) electrons. The topological polar surface area (TPSA) is 34.9 Å². The van der Waals surface area contributed by atoms with E-state index in [1.807, 2.05) is 31.2 Å². The summed E-state index contributed by atoms with van der Waals surface area (Å²) in [4.78, 5) is 12.0. The highest BCUT2D eigenvalue weighted by Gasteiger charge is 2.11. The first kappa shape index (κ1) is 9.65. The maximum absolute atomic E-state index is 12.0. The maximum Gasteiger partial charge on any atom is 0.211 e. The number of nitrogens with zero attached hydrogens (tertiary/aromatic N) is 2. The van der Waals surface area contributed by atoms with Crippen LogP contribution in [0.1, 0.15) is 21.6 Å². The van der Waals surface area contributed by atoms with Crippen molar-refractivity contribution >= 4 is 5.78 Å². The molecule has 1 aromatic heterocycles. The Morgan fingerprint density at radius 2 is 1.87 bits per heavy atom. The van der Waals surface area contributed by atoms with E-state index in [4.69, 9.17) is 0 Å². The van der Waals surface area contributed by atoms with Gasteiger partial charge in [0.2, 0.25) is 5.78 Å². The second-order valence-corrected chi connectivity index (χ2v) is 3.54. The highest BCUT2D eigenvalue weighted by atomic mass is 16.1. The van der Waals surface area contributed by atoms with Crippen LogP contribution in [0.5, 0.6) is 0 Å².